The van der Waals surface area contributed by atoms with Crippen molar-refractivity contribution >= 4 is 5.78 Å². The van der Waals surface area contributed by atoms with Gasteiger partial charge in [-0.05, 0) is 19.3 Å². The molecular formula is C17H32O. The smallest absolute Gasteiger partial charge is 0.138 e. The third-order valence-electron chi connectivity index (χ3n) is 4.64. The van der Waals surface area contributed by atoms with E-state index >= 15 is 0 Å². The summed E-state index contributed by atoms with van der Waals surface area (Å²) in [6, 6.07) is 0. The first-order valence-electron chi connectivity index (χ1n) is 8.22. The fourth-order valence-electron chi connectivity index (χ4n) is 3.16. The molecule has 1 rings (SSSR count). The molecule has 18 heavy (non-hydrogen) atoms. The van der Waals surface area contributed by atoms with Crippen LogP contribution >= 0.6 is 0 Å². The maximum atomic E-state index is 12.0. The van der Waals surface area contributed by atoms with Crippen molar-refractivity contribution in [3.05, 3.63) is 0 Å². The number of hydrogen-bond donors (Lipinski definition) is 0. The summed E-state index contributed by atoms with van der Waals surface area (Å²) in [5.74, 6) is 0.539. The Morgan fingerprint density at radius 1 is 0.944 bits per heavy atom. The van der Waals surface area contributed by atoms with Crippen LogP contribution in [0, 0.1) is 5.41 Å². The van der Waals surface area contributed by atoms with Gasteiger partial charge in [0.1, 0.15) is 5.78 Å². The molecule has 0 aliphatic heterocycles. The van der Waals surface area contributed by atoms with Crippen LogP contribution in [0.15, 0.2) is 0 Å². The van der Waals surface area contributed by atoms with Crippen molar-refractivity contribution in [1.82, 2.24) is 0 Å². The monoisotopic (exact) mass is 252 g/mol. The van der Waals surface area contributed by atoms with Gasteiger partial charge >= 0.3 is 0 Å². The van der Waals surface area contributed by atoms with Crippen molar-refractivity contribution in [3.8, 4) is 0 Å². The van der Waals surface area contributed by atoms with Gasteiger partial charge in [0.05, 0.1) is 0 Å². The summed E-state index contributed by atoms with van der Waals surface area (Å²) in [7, 11) is 0. The van der Waals surface area contributed by atoms with Gasteiger partial charge in [-0.25, -0.2) is 0 Å². The molecule has 0 radical (unpaired) electrons. The minimum absolute atomic E-state index is 0.0421. The normalized spacial score (nSPS) is 24.4. The van der Waals surface area contributed by atoms with Crippen molar-refractivity contribution in [3.63, 3.8) is 0 Å². The Morgan fingerprint density at radius 3 is 2.17 bits per heavy atom. The second-order valence-corrected chi connectivity index (χ2v) is 6.42. The Kier molecular flexibility index (Phi) is 7.62. The number of rotatable bonds is 9. The van der Waals surface area contributed by atoms with Crippen LogP contribution in [0.3, 0.4) is 0 Å². The van der Waals surface area contributed by atoms with E-state index in [4.69, 9.17) is 0 Å². The average Bonchev–Trinajstić information content (AvgIpc) is 2.37. The lowest BCUT2D eigenvalue weighted by Crippen LogP contribution is -2.30. The molecule has 0 N–H and O–H groups in total. The molecule has 0 heterocycles. The van der Waals surface area contributed by atoms with E-state index in [1.807, 2.05) is 0 Å². The van der Waals surface area contributed by atoms with E-state index in [1.165, 1.54) is 57.8 Å². The Balaban J connectivity index is 2.01. The average molecular weight is 252 g/mol. The number of carbonyl (C=O) groups excluding carboxylic acids is 1. The maximum Gasteiger partial charge on any atom is 0.138 e. The standard InChI is InChI=1S/C17H32O/c1-3-4-5-6-7-8-9-11-14-17(2)15-12-10-13-16(17)18/h3-15H2,1-2H3/t17-/m0/s1. The first-order valence-corrected chi connectivity index (χ1v) is 8.22. The van der Waals surface area contributed by atoms with E-state index in [9.17, 15) is 4.79 Å². The molecule has 1 saturated carbocycles. The minimum Gasteiger partial charge on any atom is -0.299 e. The summed E-state index contributed by atoms with van der Waals surface area (Å²) in [5, 5.41) is 0. The zero-order valence-electron chi connectivity index (χ0n) is 12.6. The van der Waals surface area contributed by atoms with Crippen molar-refractivity contribution in [1.29, 1.82) is 0 Å². The first-order chi connectivity index (χ1) is 8.69. The van der Waals surface area contributed by atoms with Crippen molar-refractivity contribution in [2.75, 3.05) is 0 Å². The fraction of sp³-hybridized carbons (Fsp3) is 0.941. The van der Waals surface area contributed by atoms with Crippen LogP contribution in [0.5, 0.6) is 0 Å². The van der Waals surface area contributed by atoms with Crippen LogP contribution in [0.2, 0.25) is 0 Å². The van der Waals surface area contributed by atoms with Crippen LogP contribution in [0.25, 0.3) is 0 Å². The van der Waals surface area contributed by atoms with Gasteiger partial charge in [-0.3, -0.25) is 4.79 Å². The molecule has 0 aromatic rings. The molecule has 0 aromatic carbocycles. The zero-order valence-corrected chi connectivity index (χ0v) is 12.6. The van der Waals surface area contributed by atoms with Crippen LogP contribution < -0.4 is 0 Å². The molecule has 1 heteroatoms. The summed E-state index contributed by atoms with van der Waals surface area (Å²) < 4.78 is 0. The van der Waals surface area contributed by atoms with Crippen molar-refractivity contribution in [2.24, 2.45) is 5.41 Å². The highest BCUT2D eigenvalue weighted by Gasteiger charge is 2.33. The molecule has 106 valence electrons. The molecule has 0 amide bonds. The van der Waals surface area contributed by atoms with E-state index < -0.39 is 0 Å². The largest absolute Gasteiger partial charge is 0.299 e. The van der Waals surface area contributed by atoms with Gasteiger partial charge in [0.25, 0.3) is 0 Å². The van der Waals surface area contributed by atoms with Gasteiger partial charge in [0.15, 0.2) is 0 Å². The highest BCUT2D eigenvalue weighted by Crippen LogP contribution is 2.37. The molecule has 0 spiro atoms. The van der Waals surface area contributed by atoms with Crippen LogP contribution in [0.4, 0.5) is 0 Å². The van der Waals surface area contributed by atoms with Crippen LogP contribution in [-0.4, -0.2) is 5.78 Å². The molecule has 1 fully saturated rings. The van der Waals surface area contributed by atoms with Crippen molar-refractivity contribution in [2.45, 2.75) is 97.3 Å². The van der Waals surface area contributed by atoms with E-state index in [0.717, 1.165) is 25.7 Å². The first kappa shape index (κ1) is 15.7. The molecule has 1 atom stereocenters. The third kappa shape index (κ3) is 5.54. The molecule has 1 aliphatic rings. The highest BCUT2D eigenvalue weighted by molar-refractivity contribution is 5.85. The summed E-state index contributed by atoms with van der Waals surface area (Å²) in [4.78, 5) is 12.0. The summed E-state index contributed by atoms with van der Waals surface area (Å²) in [6.07, 6.45) is 16.4. The Labute approximate surface area is 114 Å². The Hall–Kier alpha value is -0.330. The molecule has 0 saturated heterocycles. The lowest BCUT2D eigenvalue weighted by Gasteiger charge is -2.32. The lowest BCUT2D eigenvalue weighted by molar-refractivity contribution is -0.130. The van der Waals surface area contributed by atoms with Gasteiger partial charge in [-0.15, -0.1) is 0 Å². The molecule has 0 unspecified atom stereocenters. The topological polar surface area (TPSA) is 17.1 Å². The quantitative estimate of drug-likeness (QED) is 0.483. The van der Waals surface area contributed by atoms with Gasteiger partial charge < -0.3 is 0 Å². The van der Waals surface area contributed by atoms with Gasteiger partial charge in [0.2, 0.25) is 0 Å². The van der Waals surface area contributed by atoms with E-state index in [2.05, 4.69) is 13.8 Å². The van der Waals surface area contributed by atoms with Gasteiger partial charge in [-0.1, -0.05) is 71.6 Å². The zero-order chi connectivity index (χ0) is 13.3. The number of Topliss-reactive ketones (excluding diaryl/α,β-unsaturated/α-hetero) is 1. The van der Waals surface area contributed by atoms with E-state index in [1.54, 1.807) is 0 Å². The highest BCUT2D eigenvalue weighted by atomic mass is 16.1. The van der Waals surface area contributed by atoms with Gasteiger partial charge in [0, 0.05) is 11.8 Å². The van der Waals surface area contributed by atoms with Gasteiger partial charge in [-0.2, -0.15) is 0 Å². The summed E-state index contributed by atoms with van der Waals surface area (Å²) in [5.41, 5.74) is 0.0421. The fourth-order valence-corrected chi connectivity index (χ4v) is 3.16. The number of ketones is 1. The minimum atomic E-state index is 0.0421. The SMILES string of the molecule is CCCCCCCCCC[C@@]1(C)CCCCC1=O. The Morgan fingerprint density at radius 2 is 1.56 bits per heavy atom. The summed E-state index contributed by atoms with van der Waals surface area (Å²) >= 11 is 0. The number of hydrogen-bond acceptors (Lipinski definition) is 1. The maximum absolute atomic E-state index is 12.0. The molecule has 1 nitrogen and oxygen atoms in total. The lowest BCUT2D eigenvalue weighted by atomic mass is 9.71. The number of unbranched alkanes of at least 4 members (excludes halogenated alkanes) is 7. The third-order valence-corrected chi connectivity index (χ3v) is 4.64. The molecule has 1 aliphatic carbocycles. The predicted molar refractivity (Wildman–Crippen MR) is 78.8 cm³/mol. The molecule has 0 bridgehead atoms. The second-order valence-electron chi connectivity index (χ2n) is 6.42. The number of carbonyl (C=O) groups is 1. The Bertz CT molecular complexity index is 234. The molecule has 0 aromatic heterocycles. The van der Waals surface area contributed by atoms with Crippen molar-refractivity contribution < 1.29 is 4.79 Å². The predicted octanol–water partition coefficient (Wildman–Crippen LogP) is 5.67. The summed E-state index contributed by atoms with van der Waals surface area (Å²) in [6.45, 7) is 4.47. The van der Waals surface area contributed by atoms with E-state index in [-0.39, 0.29) is 5.41 Å². The second kappa shape index (κ2) is 8.72. The molecular weight excluding hydrogens is 220 g/mol. The van der Waals surface area contributed by atoms with Crippen LogP contribution in [0.1, 0.15) is 97.3 Å². The van der Waals surface area contributed by atoms with Crippen LogP contribution in [-0.2, 0) is 4.79 Å². The van der Waals surface area contributed by atoms with E-state index in [0.29, 0.717) is 5.78 Å².